The van der Waals surface area contributed by atoms with Crippen molar-refractivity contribution in [3.05, 3.63) is 48.2 Å². The summed E-state index contributed by atoms with van der Waals surface area (Å²) in [5.41, 5.74) is 2.70. The standard InChI is InChI=1S/C21H27N3.C2H2O4/c1-2-4-21-20(3-1)19(13-22-21)15-24-9-7-23(8-10-24)14-18-12-16-5-6-17(18)11-16;3-1(4)2(5)6/h1-6,13,16-18,22H,7-12,14-15H2;(H,3,4)(H,5,6). The fourth-order valence-electron chi connectivity index (χ4n) is 5.07. The molecule has 0 radical (unpaired) electrons. The number of para-hydroxylation sites is 1. The van der Waals surface area contributed by atoms with Crippen LogP contribution in [0.15, 0.2) is 42.6 Å². The van der Waals surface area contributed by atoms with Gasteiger partial charge in [0.15, 0.2) is 0 Å². The number of benzene rings is 1. The van der Waals surface area contributed by atoms with Gasteiger partial charge < -0.3 is 20.1 Å². The predicted octanol–water partition coefficient (Wildman–Crippen LogP) is 2.65. The molecule has 2 heterocycles. The Morgan fingerprint density at radius 3 is 2.30 bits per heavy atom. The highest BCUT2D eigenvalue weighted by Crippen LogP contribution is 2.43. The number of piperazine rings is 1. The summed E-state index contributed by atoms with van der Waals surface area (Å²) in [5.74, 6) is -0.924. The van der Waals surface area contributed by atoms with Crippen LogP contribution >= 0.6 is 0 Å². The lowest BCUT2D eigenvalue weighted by molar-refractivity contribution is -0.159. The molecule has 160 valence electrons. The number of fused-ring (bicyclic) bond motifs is 3. The predicted molar refractivity (Wildman–Crippen MR) is 114 cm³/mol. The minimum atomic E-state index is -1.82. The van der Waals surface area contributed by atoms with Gasteiger partial charge in [-0.05, 0) is 42.2 Å². The van der Waals surface area contributed by atoms with Crippen molar-refractivity contribution in [1.29, 1.82) is 0 Å². The number of carbonyl (C=O) groups is 2. The molecule has 7 heteroatoms. The van der Waals surface area contributed by atoms with Crippen LogP contribution in [-0.2, 0) is 16.1 Å². The van der Waals surface area contributed by atoms with Crippen LogP contribution in [0.25, 0.3) is 10.9 Å². The van der Waals surface area contributed by atoms with Crippen molar-refractivity contribution in [3.63, 3.8) is 0 Å². The van der Waals surface area contributed by atoms with E-state index in [4.69, 9.17) is 19.8 Å². The molecule has 7 nitrogen and oxygen atoms in total. The Bertz CT molecular complexity index is 917. The van der Waals surface area contributed by atoms with Crippen molar-refractivity contribution in [2.24, 2.45) is 17.8 Å². The van der Waals surface area contributed by atoms with Crippen LogP contribution in [0, 0.1) is 17.8 Å². The number of aliphatic carboxylic acids is 2. The Morgan fingerprint density at radius 2 is 1.67 bits per heavy atom. The largest absolute Gasteiger partial charge is 0.473 e. The number of carboxylic acid groups (broad SMARTS) is 2. The fourth-order valence-corrected chi connectivity index (χ4v) is 5.07. The molecular formula is C23H29N3O4. The highest BCUT2D eigenvalue weighted by Gasteiger charge is 2.36. The van der Waals surface area contributed by atoms with Gasteiger partial charge in [0.1, 0.15) is 0 Å². The van der Waals surface area contributed by atoms with Gasteiger partial charge in [0.2, 0.25) is 0 Å². The summed E-state index contributed by atoms with van der Waals surface area (Å²) in [7, 11) is 0. The molecule has 1 saturated heterocycles. The van der Waals surface area contributed by atoms with E-state index in [0.29, 0.717) is 0 Å². The van der Waals surface area contributed by atoms with Gasteiger partial charge in [-0.15, -0.1) is 0 Å². The summed E-state index contributed by atoms with van der Waals surface area (Å²) >= 11 is 0. The summed E-state index contributed by atoms with van der Waals surface area (Å²) in [4.78, 5) is 26.9. The zero-order valence-corrected chi connectivity index (χ0v) is 17.0. The second kappa shape index (κ2) is 9.02. The number of hydrogen-bond acceptors (Lipinski definition) is 4. The van der Waals surface area contributed by atoms with Gasteiger partial charge in [0.25, 0.3) is 0 Å². The lowest BCUT2D eigenvalue weighted by Crippen LogP contribution is -2.47. The molecule has 3 aliphatic rings. The van der Waals surface area contributed by atoms with Crippen molar-refractivity contribution < 1.29 is 19.8 Å². The third kappa shape index (κ3) is 4.74. The van der Waals surface area contributed by atoms with Crippen molar-refractivity contribution in [2.75, 3.05) is 32.7 Å². The van der Waals surface area contributed by atoms with Crippen molar-refractivity contribution >= 4 is 22.8 Å². The van der Waals surface area contributed by atoms with E-state index in [1.807, 2.05) is 0 Å². The third-order valence-corrected chi connectivity index (χ3v) is 6.63. The number of rotatable bonds is 4. The Hall–Kier alpha value is -2.64. The molecule has 3 atom stereocenters. The molecule has 3 N–H and O–H groups in total. The number of aromatic nitrogens is 1. The Morgan fingerprint density at radius 1 is 0.967 bits per heavy atom. The van der Waals surface area contributed by atoms with E-state index in [2.05, 4.69) is 57.4 Å². The SMILES string of the molecule is C1=CC2CC1CC2CN1CCN(Cc2c[nH]c3ccccc23)CC1.O=C(O)C(=O)O. The topological polar surface area (TPSA) is 96.9 Å². The van der Waals surface area contributed by atoms with Crippen LogP contribution in [-0.4, -0.2) is 69.7 Å². The molecule has 0 spiro atoms. The Kier molecular flexibility index (Phi) is 6.20. The molecule has 2 bridgehead atoms. The molecule has 1 aromatic carbocycles. The molecule has 0 amide bonds. The molecule has 2 fully saturated rings. The second-order valence-electron chi connectivity index (χ2n) is 8.59. The van der Waals surface area contributed by atoms with Crippen LogP contribution in [0.5, 0.6) is 0 Å². The summed E-state index contributed by atoms with van der Waals surface area (Å²) in [5, 5.41) is 16.2. The molecule has 2 aromatic rings. The number of H-pyrrole nitrogens is 1. The minimum absolute atomic E-state index is 0.888. The van der Waals surface area contributed by atoms with Crippen LogP contribution in [0.1, 0.15) is 18.4 Å². The monoisotopic (exact) mass is 411 g/mol. The Balaban J connectivity index is 0.000000322. The quantitative estimate of drug-likeness (QED) is 0.529. The summed E-state index contributed by atoms with van der Waals surface area (Å²) in [6, 6.07) is 8.65. The van der Waals surface area contributed by atoms with E-state index in [1.54, 1.807) is 0 Å². The fraction of sp³-hybridized carbons (Fsp3) is 0.478. The van der Waals surface area contributed by atoms with Gasteiger partial charge in [-0.2, -0.15) is 0 Å². The third-order valence-electron chi connectivity index (χ3n) is 6.63. The van der Waals surface area contributed by atoms with Crippen LogP contribution in [0.2, 0.25) is 0 Å². The summed E-state index contributed by atoms with van der Waals surface area (Å²) in [6.07, 6.45) is 10.0. The summed E-state index contributed by atoms with van der Waals surface area (Å²) < 4.78 is 0. The minimum Gasteiger partial charge on any atom is -0.473 e. The van der Waals surface area contributed by atoms with Gasteiger partial charge in [-0.3, -0.25) is 4.90 Å². The highest BCUT2D eigenvalue weighted by atomic mass is 16.4. The first-order valence-electron chi connectivity index (χ1n) is 10.6. The first-order chi connectivity index (χ1) is 14.5. The van der Waals surface area contributed by atoms with Crippen LogP contribution < -0.4 is 0 Å². The lowest BCUT2D eigenvalue weighted by atomic mass is 9.93. The molecule has 2 aliphatic carbocycles. The number of allylic oxidation sites excluding steroid dienone is 2. The smallest absolute Gasteiger partial charge is 0.414 e. The number of aromatic amines is 1. The zero-order chi connectivity index (χ0) is 21.1. The van der Waals surface area contributed by atoms with Gasteiger partial charge in [0, 0.05) is 56.4 Å². The van der Waals surface area contributed by atoms with Gasteiger partial charge >= 0.3 is 11.9 Å². The molecule has 1 saturated carbocycles. The van der Waals surface area contributed by atoms with Crippen LogP contribution in [0.4, 0.5) is 0 Å². The van der Waals surface area contributed by atoms with Gasteiger partial charge in [0.05, 0.1) is 0 Å². The van der Waals surface area contributed by atoms with E-state index in [1.165, 1.54) is 62.0 Å². The maximum atomic E-state index is 9.10. The normalized spacial score (nSPS) is 25.9. The van der Waals surface area contributed by atoms with Gasteiger partial charge in [-0.25, -0.2) is 9.59 Å². The van der Waals surface area contributed by atoms with E-state index in [9.17, 15) is 0 Å². The molecule has 3 unspecified atom stereocenters. The first kappa shape index (κ1) is 20.6. The Labute approximate surface area is 176 Å². The number of nitrogens with one attached hydrogen (secondary N) is 1. The van der Waals surface area contributed by atoms with Gasteiger partial charge in [-0.1, -0.05) is 30.4 Å². The van der Waals surface area contributed by atoms with Crippen molar-refractivity contribution in [2.45, 2.75) is 19.4 Å². The number of nitrogens with zero attached hydrogens (tertiary/aromatic N) is 2. The molecule has 1 aromatic heterocycles. The van der Waals surface area contributed by atoms with E-state index >= 15 is 0 Å². The maximum absolute atomic E-state index is 9.10. The average molecular weight is 412 g/mol. The molecule has 30 heavy (non-hydrogen) atoms. The second-order valence-corrected chi connectivity index (χ2v) is 8.59. The van der Waals surface area contributed by atoms with E-state index < -0.39 is 11.9 Å². The van der Waals surface area contributed by atoms with Crippen molar-refractivity contribution in [3.8, 4) is 0 Å². The van der Waals surface area contributed by atoms with Crippen LogP contribution in [0.3, 0.4) is 0 Å². The highest BCUT2D eigenvalue weighted by molar-refractivity contribution is 6.27. The molecule has 5 rings (SSSR count). The zero-order valence-electron chi connectivity index (χ0n) is 17.0. The maximum Gasteiger partial charge on any atom is 0.414 e. The summed E-state index contributed by atoms with van der Waals surface area (Å²) in [6.45, 7) is 7.29. The van der Waals surface area contributed by atoms with E-state index in [-0.39, 0.29) is 0 Å². The molecule has 1 aliphatic heterocycles. The lowest BCUT2D eigenvalue weighted by Gasteiger charge is -2.36. The first-order valence-corrected chi connectivity index (χ1v) is 10.6. The van der Waals surface area contributed by atoms with E-state index in [0.717, 1.165) is 24.3 Å². The van der Waals surface area contributed by atoms with Crippen molar-refractivity contribution in [1.82, 2.24) is 14.8 Å². The average Bonchev–Trinajstić information content (AvgIpc) is 3.46. The number of carboxylic acids is 2. The number of hydrogen-bond donors (Lipinski definition) is 3. The molecular weight excluding hydrogens is 382 g/mol.